The second-order valence-corrected chi connectivity index (χ2v) is 5.43. The quantitative estimate of drug-likeness (QED) is 0.525. The highest BCUT2D eigenvalue weighted by molar-refractivity contribution is 5.96. The van der Waals surface area contributed by atoms with Gasteiger partial charge in [0.25, 0.3) is 5.91 Å². The molecule has 0 radical (unpaired) electrons. The first-order chi connectivity index (χ1) is 12.1. The van der Waals surface area contributed by atoms with E-state index in [1.165, 1.54) is 6.07 Å². The molecule has 0 aliphatic carbocycles. The lowest BCUT2D eigenvalue weighted by Gasteiger charge is -2.21. The van der Waals surface area contributed by atoms with Crippen molar-refractivity contribution in [1.82, 2.24) is 5.32 Å². The standard InChI is InChI=1S/C18H24N2O5/c1-3-20(4-2)14-6-5-13-11-15(18(23)25-16(13)12-14)17(22)19-7-9-24-10-8-21/h5-6,11-12,21H,3-4,7-10H2,1-2H3,(H,19,22). The second kappa shape index (κ2) is 9.19. The molecule has 0 fully saturated rings. The van der Waals surface area contributed by atoms with Gasteiger partial charge in [0.2, 0.25) is 0 Å². The summed E-state index contributed by atoms with van der Waals surface area (Å²) in [4.78, 5) is 26.4. The molecular weight excluding hydrogens is 324 g/mol. The van der Waals surface area contributed by atoms with E-state index < -0.39 is 11.5 Å². The van der Waals surface area contributed by atoms with Crippen molar-refractivity contribution in [2.24, 2.45) is 0 Å². The van der Waals surface area contributed by atoms with Crippen LogP contribution in [-0.2, 0) is 4.74 Å². The summed E-state index contributed by atoms with van der Waals surface area (Å²) in [5.74, 6) is -0.504. The minimum atomic E-state index is -0.669. The number of fused-ring (bicyclic) bond motifs is 1. The van der Waals surface area contributed by atoms with Gasteiger partial charge in [-0.05, 0) is 32.0 Å². The van der Waals surface area contributed by atoms with Gasteiger partial charge in [0, 0.05) is 36.8 Å². The van der Waals surface area contributed by atoms with Gasteiger partial charge in [0.1, 0.15) is 11.1 Å². The van der Waals surface area contributed by atoms with E-state index in [0.717, 1.165) is 18.8 Å². The van der Waals surface area contributed by atoms with Gasteiger partial charge in [0.15, 0.2) is 0 Å². The Bertz CT molecular complexity index is 768. The Labute approximate surface area is 146 Å². The molecule has 0 bridgehead atoms. The summed E-state index contributed by atoms with van der Waals surface area (Å²) in [6.45, 7) is 6.47. The second-order valence-electron chi connectivity index (χ2n) is 5.43. The highest BCUT2D eigenvalue weighted by atomic mass is 16.5. The van der Waals surface area contributed by atoms with E-state index in [1.807, 2.05) is 18.2 Å². The molecule has 136 valence electrons. The molecule has 0 unspecified atom stereocenters. The van der Waals surface area contributed by atoms with Gasteiger partial charge >= 0.3 is 5.63 Å². The first kappa shape index (κ1) is 19.0. The number of hydrogen-bond acceptors (Lipinski definition) is 6. The normalized spacial score (nSPS) is 10.8. The molecule has 2 N–H and O–H groups in total. The molecule has 1 aromatic heterocycles. The fourth-order valence-electron chi connectivity index (χ4n) is 2.54. The number of amides is 1. The highest BCUT2D eigenvalue weighted by Gasteiger charge is 2.14. The van der Waals surface area contributed by atoms with Gasteiger partial charge < -0.3 is 24.5 Å². The van der Waals surface area contributed by atoms with Crippen LogP contribution in [0.15, 0.2) is 33.5 Å². The van der Waals surface area contributed by atoms with Crippen molar-refractivity contribution < 1.29 is 19.1 Å². The van der Waals surface area contributed by atoms with E-state index in [9.17, 15) is 9.59 Å². The third-order valence-electron chi connectivity index (χ3n) is 3.86. The van der Waals surface area contributed by atoms with Gasteiger partial charge in [-0.2, -0.15) is 0 Å². The lowest BCUT2D eigenvalue weighted by molar-refractivity contribution is 0.0836. The Hall–Kier alpha value is -2.38. The van der Waals surface area contributed by atoms with Crippen LogP contribution < -0.4 is 15.8 Å². The third kappa shape index (κ3) is 4.80. The lowest BCUT2D eigenvalue weighted by atomic mass is 10.1. The molecule has 2 aromatic rings. The fourth-order valence-corrected chi connectivity index (χ4v) is 2.54. The third-order valence-corrected chi connectivity index (χ3v) is 3.86. The van der Waals surface area contributed by atoms with Crippen molar-refractivity contribution in [2.45, 2.75) is 13.8 Å². The largest absolute Gasteiger partial charge is 0.422 e. The van der Waals surface area contributed by atoms with Crippen molar-refractivity contribution in [2.75, 3.05) is 44.4 Å². The summed E-state index contributed by atoms with van der Waals surface area (Å²) in [5, 5.41) is 11.9. The van der Waals surface area contributed by atoms with E-state index in [-0.39, 0.29) is 31.9 Å². The number of carbonyl (C=O) groups excluding carboxylic acids is 1. The van der Waals surface area contributed by atoms with E-state index in [4.69, 9.17) is 14.3 Å². The number of rotatable bonds is 9. The molecule has 0 aliphatic rings. The maximum Gasteiger partial charge on any atom is 0.349 e. The maximum atomic E-state index is 12.1. The monoisotopic (exact) mass is 348 g/mol. The summed E-state index contributed by atoms with van der Waals surface area (Å²) >= 11 is 0. The molecule has 2 rings (SSSR count). The summed E-state index contributed by atoms with van der Waals surface area (Å²) in [7, 11) is 0. The number of carbonyl (C=O) groups is 1. The van der Waals surface area contributed by atoms with Gasteiger partial charge in [-0.15, -0.1) is 0 Å². The van der Waals surface area contributed by atoms with E-state index in [1.54, 1.807) is 0 Å². The number of anilines is 1. The van der Waals surface area contributed by atoms with Gasteiger partial charge in [-0.25, -0.2) is 4.79 Å². The number of benzene rings is 1. The van der Waals surface area contributed by atoms with Crippen LogP contribution in [0.2, 0.25) is 0 Å². The fraction of sp³-hybridized carbons (Fsp3) is 0.444. The summed E-state index contributed by atoms with van der Waals surface area (Å²) in [6, 6.07) is 7.14. The van der Waals surface area contributed by atoms with Crippen LogP contribution in [0.25, 0.3) is 11.0 Å². The summed E-state index contributed by atoms with van der Waals surface area (Å²) in [5.41, 5.74) is 0.722. The van der Waals surface area contributed by atoms with Gasteiger partial charge in [-0.1, -0.05) is 0 Å². The van der Waals surface area contributed by atoms with Crippen LogP contribution in [0.1, 0.15) is 24.2 Å². The first-order valence-corrected chi connectivity index (χ1v) is 8.40. The zero-order valence-corrected chi connectivity index (χ0v) is 14.6. The lowest BCUT2D eigenvalue weighted by Crippen LogP contribution is -2.31. The molecule has 1 aromatic carbocycles. The molecule has 1 heterocycles. The van der Waals surface area contributed by atoms with Crippen LogP contribution in [0.4, 0.5) is 5.69 Å². The molecule has 7 nitrogen and oxygen atoms in total. The predicted molar refractivity (Wildman–Crippen MR) is 96.3 cm³/mol. The van der Waals surface area contributed by atoms with E-state index in [0.29, 0.717) is 11.0 Å². The van der Waals surface area contributed by atoms with Crippen LogP contribution in [0, 0.1) is 0 Å². The molecule has 1 amide bonds. The number of aliphatic hydroxyl groups is 1. The van der Waals surface area contributed by atoms with E-state index >= 15 is 0 Å². The first-order valence-electron chi connectivity index (χ1n) is 8.40. The Morgan fingerprint density at radius 2 is 2.00 bits per heavy atom. The molecule has 25 heavy (non-hydrogen) atoms. The smallest absolute Gasteiger partial charge is 0.349 e. The summed E-state index contributed by atoms with van der Waals surface area (Å²) < 4.78 is 10.4. The van der Waals surface area contributed by atoms with Crippen molar-refractivity contribution in [3.05, 3.63) is 40.2 Å². The molecule has 0 aliphatic heterocycles. The van der Waals surface area contributed by atoms with Crippen molar-refractivity contribution in [1.29, 1.82) is 0 Å². The summed E-state index contributed by atoms with van der Waals surface area (Å²) in [6.07, 6.45) is 0. The number of nitrogens with one attached hydrogen (secondary N) is 1. The zero-order valence-electron chi connectivity index (χ0n) is 14.6. The minimum absolute atomic E-state index is 0.0368. The molecular formula is C18H24N2O5. The number of aliphatic hydroxyl groups excluding tert-OH is 1. The van der Waals surface area contributed by atoms with Crippen LogP contribution in [0.3, 0.4) is 0 Å². The molecule has 7 heteroatoms. The van der Waals surface area contributed by atoms with E-state index in [2.05, 4.69) is 24.1 Å². The Balaban J connectivity index is 2.17. The molecule has 0 saturated heterocycles. The average Bonchev–Trinajstić information content (AvgIpc) is 2.61. The van der Waals surface area contributed by atoms with Crippen LogP contribution in [-0.4, -0.2) is 50.5 Å². The Morgan fingerprint density at radius 3 is 2.68 bits per heavy atom. The minimum Gasteiger partial charge on any atom is -0.422 e. The maximum absolute atomic E-state index is 12.1. The van der Waals surface area contributed by atoms with Gasteiger partial charge in [-0.3, -0.25) is 4.79 Å². The molecule has 0 atom stereocenters. The Kier molecular flexibility index (Phi) is 6.97. The zero-order chi connectivity index (χ0) is 18.2. The van der Waals surface area contributed by atoms with Crippen molar-refractivity contribution in [3.8, 4) is 0 Å². The predicted octanol–water partition coefficient (Wildman–Crippen LogP) is 1.38. The number of nitrogens with zero attached hydrogens (tertiary/aromatic N) is 1. The SMILES string of the molecule is CCN(CC)c1ccc2cc(C(=O)NCCOCCO)c(=O)oc2c1. The van der Waals surface area contributed by atoms with Crippen molar-refractivity contribution >= 4 is 22.6 Å². The van der Waals surface area contributed by atoms with Gasteiger partial charge in [0.05, 0.1) is 19.8 Å². The average molecular weight is 348 g/mol. The molecule has 0 saturated carbocycles. The van der Waals surface area contributed by atoms with Crippen molar-refractivity contribution in [3.63, 3.8) is 0 Å². The molecule has 0 spiro atoms. The topological polar surface area (TPSA) is 92.0 Å². The van der Waals surface area contributed by atoms with Crippen LogP contribution >= 0.6 is 0 Å². The number of ether oxygens (including phenoxy) is 1. The highest BCUT2D eigenvalue weighted by Crippen LogP contribution is 2.21. The Morgan fingerprint density at radius 1 is 1.24 bits per heavy atom. The van der Waals surface area contributed by atoms with Crippen LogP contribution in [0.5, 0.6) is 0 Å². The number of hydrogen-bond donors (Lipinski definition) is 2.